The third-order valence-corrected chi connectivity index (χ3v) is 4.18. The molecule has 0 spiro atoms. The van der Waals surface area contributed by atoms with Crippen molar-refractivity contribution in [3.05, 3.63) is 34.4 Å². The topological polar surface area (TPSA) is 74.6 Å². The molecule has 0 unspecified atom stereocenters. The summed E-state index contributed by atoms with van der Waals surface area (Å²) in [6.07, 6.45) is 2.93. The van der Waals surface area contributed by atoms with Gasteiger partial charge in [-0.05, 0) is 49.4 Å². The molecule has 0 saturated heterocycles. The number of aromatic carboxylic acids is 1. The van der Waals surface area contributed by atoms with Gasteiger partial charge in [-0.25, -0.2) is 4.79 Å². The Morgan fingerprint density at radius 2 is 1.63 bits per heavy atom. The van der Waals surface area contributed by atoms with Crippen LogP contribution in [-0.2, 0) is 10.2 Å². The zero-order valence-corrected chi connectivity index (χ0v) is 11.2. The molecule has 0 radical (unpaired) electrons. The molecule has 4 nitrogen and oxygen atoms in total. The predicted molar refractivity (Wildman–Crippen MR) is 70.7 cm³/mol. The largest absolute Gasteiger partial charge is 0.481 e. The molecule has 2 rings (SSSR count). The minimum absolute atomic E-state index is 0.202. The minimum Gasteiger partial charge on any atom is -0.481 e. The second-order valence-corrected chi connectivity index (χ2v) is 5.38. The summed E-state index contributed by atoms with van der Waals surface area (Å²) in [7, 11) is 0. The van der Waals surface area contributed by atoms with Gasteiger partial charge in [-0.15, -0.1) is 0 Å². The lowest BCUT2D eigenvalue weighted by Crippen LogP contribution is -2.33. The van der Waals surface area contributed by atoms with Gasteiger partial charge < -0.3 is 10.2 Å². The van der Waals surface area contributed by atoms with Crippen molar-refractivity contribution in [3.63, 3.8) is 0 Å². The third kappa shape index (κ3) is 2.11. The van der Waals surface area contributed by atoms with Gasteiger partial charge in [0, 0.05) is 0 Å². The molecule has 1 saturated carbocycles. The molecular formula is C15H18O4. The number of carboxylic acids is 2. The average molecular weight is 262 g/mol. The van der Waals surface area contributed by atoms with Gasteiger partial charge in [0.25, 0.3) is 0 Å². The van der Waals surface area contributed by atoms with Crippen molar-refractivity contribution < 1.29 is 19.8 Å². The van der Waals surface area contributed by atoms with Crippen molar-refractivity contribution in [1.82, 2.24) is 0 Å². The molecule has 0 aromatic heterocycles. The van der Waals surface area contributed by atoms with Gasteiger partial charge in [0.1, 0.15) is 0 Å². The summed E-state index contributed by atoms with van der Waals surface area (Å²) in [6, 6.07) is 3.34. The van der Waals surface area contributed by atoms with Crippen LogP contribution in [0.5, 0.6) is 0 Å². The molecular weight excluding hydrogens is 244 g/mol. The van der Waals surface area contributed by atoms with E-state index in [-0.39, 0.29) is 5.56 Å². The van der Waals surface area contributed by atoms with Crippen LogP contribution in [0.4, 0.5) is 0 Å². The Morgan fingerprint density at radius 3 is 2.11 bits per heavy atom. The molecule has 1 aromatic carbocycles. The molecule has 19 heavy (non-hydrogen) atoms. The summed E-state index contributed by atoms with van der Waals surface area (Å²) in [5, 5.41) is 18.8. The maximum atomic E-state index is 11.7. The standard InChI is InChI=1S/C15H18O4/c1-9-7-10(2)12(8-11(9)13(16)17)15(14(18)19)5-3-4-6-15/h7-8H,3-6H2,1-2H3,(H,16,17)(H,18,19). The summed E-state index contributed by atoms with van der Waals surface area (Å²) in [6.45, 7) is 3.60. The van der Waals surface area contributed by atoms with Crippen LogP contribution in [0, 0.1) is 13.8 Å². The number of carbonyl (C=O) groups is 2. The molecule has 0 heterocycles. The van der Waals surface area contributed by atoms with Gasteiger partial charge in [-0.3, -0.25) is 4.79 Å². The molecule has 0 atom stereocenters. The number of rotatable bonds is 3. The first-order chi connectivity index (χ1) is 8.88. The first kappa shape index (κ1) is 13.6. The van der Waals surface area contributed by atoms with Gasteiger partial charge in [0.15, 0.2) is 0 Å². The van der Waals surface area contributed by atoms with Gasteiger partial charge in [-0.2, -0.15) is 0 Å². The second kappa shape index (κ2) is 4.68. The first-order valence-electron chi connectivity index (χ1n) is 6.47. The molecule has 2 N–H and O–H groups in total. The average Bonchev–Trinajstić information content (AvgIpc) is 2.78. The van der Waals surface area contributed by atoms with E-state index in [9.17, 15) is 19.8 Å². The fourth-order valence-electron chi connectivity index (χ4n) is 3.18. The van der Waals surface area contributed by atoms with Crippen LogP contribution in [0.2, 0.25) is 0 Å². The van der Waals surface area contributed by atoms with Crippen LogP contribution < -0.4 is 0 Å². The smallest absolute Gasteiger partial charge is 0.335 e. The summed E-state index contributed by atoms with van der Waals surface area (Å²) in [4.78, 5) is 22.9. The van der Waals surface area contributed by atoms with Crippen LogP contribution in [-0.4, -0.2) is 22.2 Å². The van der Waals surface area contributed by atoms with E-state index >= 15 is 0 Å². The zero-order chi connectivity index (χ0) is 14.2. The lowest BCUT2D eigenvalue weighted by Gasteiger charge is -2.27. The first-order valence-corrected chi connectivity index (χ1v) is 6.47. The summed E-state index contributed by atoms with van der Waals surface area (Å²) in [5.41, 5.74) is 1.51. The molecule has 1 aromatic rings. The van der Waals surface area contributed by atoms with E-state index < -0.39 is 17.4 Å². The highest BCUT2D eigenvalue weighted by molar-refractivity contribution is 5.91. The number of benzene rings is 1. The van der Waals surface area contributed by atoms with E-state index in [1.807, 2.05) is 6.92 Å². The zero-order valence-electron chi connectivity index (χ0n) is 11.2. The Kier molecular flexibility index (Phi) is 3.35. The third-order valence-electron chi connectivity index (χ3n) is 4.18. The summed E-state index contributed by atoms with van der Waals surface area (Å²) < 4.78 is 0. The Morgan fingerprint density at radius 1 is 1.05 bits per heavy atom. The van der Waals surface area contributed by atoms with E-state index in [0.29, 0.717) is 24.0 Å². The van der Waals surface area contributed by atoms with Crippen LogP contribution in [0.25, 0.3) is 0 Å². The fourth-order valence-corrected chi connectivity index (χ4v) is 3.18. The summed E-state index contributed by atoms with van der Waals surface area (Å²) in [5.74, 6) is -1.84. The van der Waals surface area contributed by atoms with E-state index in [1.54, 1.807) is 19.1 Å². The highest BCUT2D eigenvalue weighted by Gasteiger charge is 2.44. The summed E-state index contributed by atoms with van der Waals surface area (Å²) >= 11 is 0. The van der Waals surface area contributed by atoms with E-state index in [0.717, 1.165) is 18.4 Å². The Labute approximate surface area is 112 Å². The van der Waals surface area contributed by atoms with Crippen molar-refractivity contribution in [1.29, 1.82) is 0 Å². The number of hydrogen-bond donors (Lipinski definition) is 2. The van der Waals surface area contributed by atoms with Crippen molar-refractivity contribution >= 4 is 11.9 Å². The SMILES string of the molecule is Cc1cc(C)c(C2(C(=O)O)CCCC2)cc1C(=O)O. The van der Waals surface area contributed by atoms with Crippen LogP contribution in [0.15, 0.2) is 12.1 Å². The lowest BCUT2D eigenvalue weighted by molar-refractivity contribution is -0.143. The molecule has 0 aliphatic heterocycles. The van der Waals surface area contributed by atoms with Gasteiger partial charge >= 0.3 is 11.9 Å². The highest BCUT2D eigenvalue weighted by Crippen LogP contribution is 2.43. The monoisotopic (exact) mass is 262 g/mol. The van der Waals surface area contributed by atoms with Gasteiger partial charge in [0.2, 0.25) is 0 Å². The molecule has 1 aliphatic carbocycles. The van der Waals surface area contributed by atoms with Crippen molar-refractivity contribution in [2.24, 2.45) is 0 Å². The Bertz CT molecular complexity index is 539. The van der Waals surface area contributed by atoms with Crippen LogP contribution in [0.3, 0.4) is 0 Å². The van der Waals surface area contributed by atoms with Crippen LogP contribution in [0.1, 0.15) is 52.7 Å². The normalized spacial score (nSPS) is 17.4. The van der Waals surface area contributed by atoms with Gasteiger partial charge in [-0.1, -0.05) is 18.9 Å². The maximum Gasteiger partial charge on any atom is 0.335 e. The molecule has 1 aliphatic rings. The molecule has 1 fully saturated rings. The van der Waals surface area contributed by atoms with E-state index in [4.69, 9.17) is 0 Å². The van der Waals surface area contributed by atoms with Crippen molar-refractivity contribution in [2.45, 2.75) is 44.9 Å². The number of aryl methyl sites for hydroxylation is 2. The molecule has 0 amide bonds. The molecule has 4 heteroatoms. The van der Waals surface area contributed by atoms with Crippen LogP contribution >= 0.6 is 0 Å². The molecule has 102 valence electrons. The Balaban J connectivity index is 2.64. The van der Waals surface area contributed by atoms with Gasteiger partial charge in [0.05, 0.1) is 11.0 Å². The Hall–Kier alpha value is -1.84. The maximum absolute atomic E-state index is 11.7. The quantitative estimate of drug-likeness (QED) is 0.878. The molecule has 0 bridgehead atoms. The number of carboxylic acid groups (broad SMARTS) is 2. The number of aliphatic carboxylic acids is 1. The minimum atomic E-state index is -1.00. The van der Waals surface area contributed by atoms with E-state index in [2.05, 4.69) is 0 Å². The second-order valence-electron chi connectivity index (χ2n) is 5.38. The highest BCUT2D eigenvalue weighted by atomic mass is 16.4. The lowest BCUT2D eigenvalue weighted by atomic mass is 9.76. The van der Waals surface area contributed by atoms with E-state index in [1.165, 1.54) is 0 Å². The van der Waals surface area contributed by atoms with Crippen molar-refractivity contribution in [3.8, 4) is 0 Å². The van der Waals surface area contributed by atoms with Crippen molar-refractivity contribution in [2.75, 3.05) is 0 Å². The number of hydrogen-bond acceptors (Lipinski definition) is 2. The fraction of sp³-hybridized carbons (Fsp3) is 0.467. The predicted octanol–water partition coefficient (Wildman–Crippen LogP) is 2.90.